The van der Waals surface area contributed by atoms with Crippen LogP contribution < -0.4 is 0 Å². The van der Waals surface area contributed by atoms with Gasteiger partial charge in [0.05, 0.1) is 11.8 Å². The Kier molecular flexibility index (Phi) is 4.32. The minimum Gasteiger partial charge on any atom is -0.336 e. The number of hydrogen-bond acceptors (Lipinski definition) is 2. The fourth-order valence-electron chi connectivity index (χ4n) is 2.42. The molecule has 0 spiro atoms. The molecule has 3 nitrogen and oxygen atoms in total. The lowest BCUT2D eigenvalue weighted by molar-refractivity contribution is 0.0730. The van der Waals surface area contributed by atoms with Gasteiger partial charge in [0.15, 0.2) is 0 Å². The van der Waals surface area contributed by atoms with Crippen LogP contribution in [0.4, 0.5) is 4.39 Å². The van der Waals surface area contributed by atoms with E-state index < -0.39 is 5.82 Å². The third-order valence-corrected chi connectivity index (χ3v) is 3.56. The second kappa shape index (κ2) is 5.78. The molecule has 0 saturated carbocycles. The highest BCUT2D eigenvalue weighted by Crippen LogP contribution is 2.25. The number of amides is 1. The maximum Gasteiger partial charge on any atom is 0.255 e. The Hall–Kier alpha value is -0.970. The third-order valence-electron chi connectivity index (χ3n) is 3.19. The molecule has 0 aliphatic carbocycles. The van der Waals surface area contributed by atoms with Gasteiger partial charge in [-0.05, 0) is 25.3 Å². The molecule has 1 saturated heterocycles. The maximum absolute atomic E-state index is 13.1. The summed E-state index contributed by atoms with van der Waals surface area (Å²) < 4.78 is 13.1. The Morgan fingerprint density at radius 1 is 1.67 bits per heavy atom. The normalized spacial score (nSPS) is 21.1. The summed E-state index contributed by atoms with van der Waals surface area (Å²) in [5.74, 6) is -0.580. The summed E-state index contributed by atoms with van der Waals surface area (Å²) >= 11 is 3.52. The van der Waals surface area contributed by atoms with Crippen LogP contribution in [-0.4, -0.2) is 33.2 Å². The highest BCUT2D eigenvalue weighted by Gasteiger charge is 2.30. The van der Waals surface area contributed by atoms with E-state index in [4.69, 9.17) is 0 Å². The molecule has 2 atom stereocenters. The quantitative estimate of drug-likeness (QED) is 0.804. The molecule has 1 aliphatic heterocycles. The maximum atomic E-state index is 13.1. The number of pyridine rings is 1. The van der Waals surface area contributed by atoms with E-state index in [0.717, 1.165) is 32.0 Å². The first kappa shape index (κ1) is 13.5. The van der Waals surface area contributed by atoms with Crippen molar-refractivity contribution in [3.63, 3.8) is 0 Å². The molecule has 0 aromatic carbocycles. The van der Waals surface area contributed by atoms with E-state index in [1.165, 1.54) is 12.3 Å². The summed E-state index contributed by atoms with van der Waals surface area (Å²) in [5.41, 5.74) is 0.337. The molecule has 2 rings (SSSR count). The molecule has 5 heteroatoms. The van der Waals surface area contributed by atoms with E-state index in [1.807, 2.05) is 4.90 Å². The van der Waals surface area contributed by atoms with Crippen LogP contribution in [0.15, 0.2) is 18.5 Å². The molecule has 1 fully saturated rings. The number of carbonyl (C=O) groups is 1. The first-order valence-electron chi connectivity index (χ1n) is 6.13. The van der Waals surface area contributed by atoms with Crippen molar-refractivity contribution in [2.75, 3.05) is 6.54 Å². The monoisotopic (exact) mass is 314 g/mol. The van der Waals surface area contributed by atoms with Crippen LogP contribution >= 0.6 is 15.9 Å². The zero-order valence-electron chi connectivity index (χ0n) is 10.3. The van der Waals surface area contributed by atoms with Gasteiger partial charge in [-0.15, -0.1) is 0 Å². The second-order valence-corrected chi connectivity index (χ2v) is 6.27. The van der Waals surface area contributed by atoms with Gasteiger partial charge in [-0.1, -0.05) is 22.9 Å². The Morgan fingerprint density at radius 2 is 2.44 bits per heavy atom. The first-order chi connectivity index (χ1) is 8.58. The molecular formula is C13H16BrFN2O. The number of likely N-dealkylation sites (tertiary alicyclic amines) is 1. The summed E-state index contributed by atoms with van der Waals surface area (Å²) in [6, 6.07) is 1.50. The minimum absolute atomic E-state index is 0.113. The van der Waals surface area contributed by atoms with Crippen molar-refractivity contribution in [3.8, 4) is 0 Å². The Balaban J connectivity index is 2.12. The van der Waals surface area contributed by atoms with Crippen molar-refractivity contribution in [1.29, 1.82) is 0 Å². The summed E-state index contributed by atoms with van der Waals surface area (Å²) in [6.45, 7) is 2.82. The lowest BCUT2D eigenvalue weighted by Crippen LogP contribution is -2.36. The highest BCUT2D eigenvalue weighted by molar-refractivity contribution is 9.09. The molecule has 18 heavy (non-hydrogen) atoms. The van der Waals surface area contributed by atoms with Gasteiger partial charge in [-0.25, -0.2) is 4.39 Å². The van der Waals surface area contributed by atoms with Gasteiger partial charge in [-0.3, -0.25) is 9.78 Å². The van der Waals surface area contributed by atoms with Crippen molar-refractivity contribution in [3.05, 3.63) is 29.8 Å². The minimum atomic E-state index is -0.467. The molecule has 2 unspecified atom stereocenters. The molecule has 0 bridgehead atoms. The first-order valence-corrected chi connectivity index (χ1v) is 7.05. The fourth-order valence-corrected chi connectivity index (χ4v) is 2.85. The number of alkyl halides is 1. The van der Waals surface area contributed by atoms with E-state index >= 15 is 0 Å². The molecular weight excluding hydrogens is 299 g/mol. The van der Waals surface area contributed by atoms with Gasteiger partial charge >= 0.3 is 0 Å². The topological polar surface area (TPSA) is 33.2 Å². The van der Waals surface area contributed by atoms with Crippen molar-refractivity contribution in [2.24, 2.45) is 0 Å². The van der Waals surface area contributed by atoms with Crippen LogP contribution in [0.1, 0.15) is 36.5 Å². The second-order valence-electron chi connectivity index (χ2n) is 4.70. The van der Waals surface area contributed by atoms with Crippen molar-refractivity contribution in [2.45, 2.75) is 37.1 Å². The Bertz CT molecular complexity index is 439. The molecule has 2 heterocycles. The van der Waals surface area contributed by atoms with Crippen LogP contribution in [0.25, 0.3) is 0 Å². The third kappa shape index (κ3) is 3.07. The summed E-state index contributed by atoms with van der Waals surface area (Å²) in [6.07, 6.45) is 5.49. The van der Waals surface area contributed by atoms with Crippen LogP contribution in [0.2, 0.25) is 0 Å². The largest absolute Gasteiger partial charge is 0.336 e. The summed E-state index contributed by atoms with van der Waals surface area (Å²) in [4.78, 5) is 18.2. The van der Waals surface area contributed by atoms with E-state index in [2.05, 4.69) is 27.8 Å². The molecule has 0 N–H and O–H groups in total. The van der Waals surface area contributed by atoms with Crippen LogP contribution in [0, 0.1) is 5.82 Å². The number of nitrogens with zero attached hydrogens (tertiary/aromatic N) is 2. The van der Waals surface area contributed by atoms with Gasteiger partial charge in [0.2, 0.25) is 0 Å². The molecule has 1 aromatic rings. The number of rotatable bonds is 3. The number of carbonyl (C=O) groups excluding carboxylic acids is 1. The van der Waals surface area contributed by atoms with Crippen LogP contribution in [0.3, 0.4) is 0 Å². The van der Waals surface area contributed by atoms with Gasteiger partial charge in [0.25, 0.3) is 5.91 Å². The predicted molar refractivity (Wildman–Crippen MR) is 71.3 cm³/mol. The van der Waals surface area contributed by atoms with E-state index in [-0.39, 0.29) is 11.9 Å². The van der Waals surface area contributed by atoms with Crippen LogP contribution in [-0.2, 0) is 0 Å². The lowest BCUT2D eigenvalue weighted by Gasteiger charge is -2.25. The van der Waals surface area contributed by atoms with Gasteiger partial charge in [-0.2, -0.15) is 0 Å². The molecule has 1 aliphatic rings. The summed E-state index contributed by atoms with van der Waals surface area (Å²) in [7, 11) is 0. The van der Waals surface area contributed by atoms with Gasteiger partial charge < -0.3 is 4.90 Å². The average Bonchev–Trinajstić information content (AvgIpc) is 2.75. The van der Waals surface area contributed by atoms with Crippen molar-refractivity contribution < 1.29 is 9.18 Å². The zero-order chi connectivity index (χ0) is 13.1. The number of hydrogen-bond donors (Lipinski definition) is 0. The number of halogens is 2. The SMILES string of the molecule is CC(Br)CC1CCCN1C(=O)c1cncc(F)c1. The smallest absolute Gasteiger partial charge is 0.255 e. The Labute approximate surface area is 115 Å². The highest BCUT2D eigenvalue weighted by atomic mass is 79.9. The molecule has 1 amide bonds. The van der Waals surface area contributed by atoms with Crippen molar-refractivity contribution in [1.82, 2.24) is 9.88 Å². The average molecular weight is 315 g/mol. The fraction of sp³-hybridized carbons (Fsp3) is 0.538. The van der Waals surface area contributed by atoms with E-state index in [0.29, 0.717) is 10.4 Å². The van der Waals surface area contributed by atoms with Crippen molar-refractivity contribution >= 4 is 21.8 Å². The van der Waals surface area contributed by atoms with E-state index in [9.17, 15) is 9.18 Å². The standard InChI is InChI=1S/C13H16BrFN2O/c1-9(14)5-12-3-2-4-17(12)13(18)10-6-11(15)8-16-7-10/h6-9,12H,2-5H2,1H3. The summed E-state index contributed by atoms with van der Waals surface area (Å²) in [5, 5.41) is 0. The predicted octanol–water partition coefficient (Wildman–Crippen LogP) is 3.00. The number of aromatic nitrogens is 1. The lowest BCUT2D eigenvalue weighted by atomic mass is 10.1. The molecule has 98 valence electrons. The molecule has 1 aromatic heterocycles. The van der Waals surface area contributed by atoms with Gasteiger partial charge in [0.1, 0.15) is 5.82 Å². The molecule has 0 radical (unpaired) electrons. The van der Waals surface area contributed by atoms with Gasteiger partial charge in [0, 0.05) is 23.6 Å². The van der Waals surface area contributed by atoms with Crippen LogP contribution in [0.5, 0.6) is 0 Å². The van der Waals surface area contributed by atoms with E-state index in [1.54, 1.807) is 0 Å². The zero-order valence-corrected chi connectivity index (χ0v) is 11.9. The Morgan fingerprint density at radius 3 is 3.11 bits per heavy atom.